The predicted octanol–water partition coefficient (Wildman–Crippen LogP) is 5.53. The number of pyridine rings is 1. The van der Waals surface area contributed by atoms with Crippen molar-refractivity contribution in [3.8, 4) is 0 Å². The Morgan fingerprint density at radius 3 is 2.45 bits per heavy atom. The first-order valence-corrected chi connectivity index (χ1v) is 14.8. The first-order chi connectivity index (χ1) is 22.5. The van der Waals surface area contributed by atoms with Crippen LogP contribution in [0.1, 0.15) is 81.8 Å². The largest absolute Gasteiger partial charge is 0.478 e. The zero-order valence-electron chi connectivity index (χ0n) is 25.4. The summed E-state index contributed by atoms with van der Waals surface area (Å²) in [6.45, 7) is 3.46. The molecule has 10 nitrogen and oxygen atoms in total. The number of aromatic carboxylic acids is 1. The zero-order chi connectivity index (χ0) is 33.4. The van der Waals surface area contributed by atoms with Crippen molar-refractivity contribution in [2.24, 2.45) is 0 Å². The second kappa shape index (κ2) is 12.5. The molecule has 3 amide bonds. The van der Waals surface area contributed by atoms with E-state index in [0.717, 1.165) is 28.8 Å². The lowest BCUT2D eigenvalue weighted by Crippen LogP contribution is -2.30. The van der Waals surface area contributed by atoms with E-state index in [1.54, 1.807) is 25.1 Å². The smallest absolute Gasteiger partial charge is 0.335 e. The molecule has 12 heteroatoms. The number of carbonyl (C=O) groups is 4. The third kappa shape index (κ3) is 6.05. The van der Waals surface area contributed by atoms with E-state index in [4.69, 9.17) is 0 Å². The first-order valence-electron chi connectivity index (χ1n) is 14.8. The van der Waals surface area contributed by atoms with E-state index in [1.165, 1.54) is 35.0 Å². The molecule has 0 radical (unpaired) electrons. The SMILES string of the molecule is Cc1ccccc1NC(=O)c1cnn2c(C(=O)N[C@H]3CCc4c3ccc(C(=O)O)c4C)cc(C(=O)NCc3ccc(F)c(F)c3)cc12. The van der Waals surface area contributed by atoms with Crippen LogP contribution < -0.4 is 16.0 Å². The summed E-state index contributed by atoms with van der Waals surface area (Å²) in [5, 5.41) is 22.3. The molecule has 2 aromatic heterocycles. The van der Waals surface area contributed by atoms with Gasteiger partial charge in [-0.25, -0.2) is 18.1 Å². The van der Waals surface area contributed by atoms with E-state index >= 15 is 0 Å². The Labute approximate surface area is 267 Å². The maximum absolute atomic E-state index is 13.8. The van der Waals surface area contributed by atoms with Crippen LogP contribution in [0, 0.1) is 25.5 Å². The summed E-state index contributed by atoms with van der Waals surface area (Å²) in [6.07, 6.45) is 2.41. The molecule has 0 spiro atoms. The van der Waals surface area contributed by atoms with Crippen LogP contribution in [-0.4, -0.2) is 38.4 Å². The summed E-state index contributed by atoms with van der Waals surface area (Å²) in [6, 6.07) is 16.0. The van der Waals surface area contributed by atoms with Crippen molar-refractivity contribution in [1.29, 1.82) is 0 Å². The maximum Gasteiger partial charge on any atom is 0.335 e. The Bertz CT molecular complexity index is 2110. The molecule has 6 rings (SSSR count). The molecule has 0 bridgehead atoms. The standard InChI is InChI=1S/C35H29F2N5O5/c1-18-5-3-4-6-28(18)40-33(44)25-17-39-42-30(25)14-21(32(43)38-16-20-7-11-26(36)27(37)13-20)15-31(42)34(45)41-29-12-10-22-19(2)23(35(46)47)8-9-24(22)29/h3-9,11,13-15,17,29H,10,12,16H2,1-2H3,(H,38,43)(H,40,44)(H,41,45)(H,46,47)/t29-/m0/s1. The highest BCUT2D eigenvalue weighted by Gasteiger charge is 2.29. The fourth-order valence-corrected chi connectivity index (χ4v) is 5.88. The van der Waals surface area contributed by atoms with Gasteiger partial charge in [0, 0.05) is 17.8 Å². The molecule has 1 aliphatic rings. The number of halogens is 2. The highest BCUT2D eigenvalue weighted by molar-refractivity contribution is 6.10. The molecule has 0 aliphatic heterocycles. The second-order valence-electron chi connectivity index (χ2n) is 11.4. The monoisotopic (exact) mass is 637 g/mol. The molecule has 4 N–H and O–H groups in total. The third-order valence-corrected chi connectivity index (χ3v) is 8.42. The summed E-state index contributed by atoms with van der Waals surface area (Å²) < 4.78 is 28.4. The van der Waals surface area contributed by atoms with Crippen molar-refractivity contribution in [2.75, 3.05) is 5.32 Å². The van der Waals surface area contributed by atoms with E-state index in [9.17, 15) is 33.1 Å². The van der Waals surface area contributed by atoms with Gasteiger partial charge in [-0.3, -0.25) is 14.4 Å². The molecule has 3 aromatic carbocycles. The van der Waals surface area contributed by atoms with Crippen molar-refractivity contribution in [2.45, 2.75) is 39.3 Å². The van der Waals surface area contributed by atoms with Crippen LogP contribution in [0.5, 0.6) is 0 Å². The Morgan fingerprint density at radius 2 is 1.70 bits per heavy atom. The zero-order valence-corrected chi connectivity index (χ0v) is 25.4. The van der Waals surface area contributed by atoms with E-state index < -0.39 is 41.4 Å². The maximum atomic E-state index is 13.8. The van der Waals surface area contributed by atoms with Crippen LogP contribution in [-0.2, 0) is 13.0 Å². The minimum absolute atomic E-state index is 0.0252. The van der Waals surface area contributed by atoms with Gasteiger partial charge in [-0.15, -0.1) is 0 Å². The number of benzene rings is 3. The van der Waals surface area contributed by atoms with E-state index in [2.05, 4.69) is 21.0 Å². The highest BCUT2D eigenvalue weighted by Crippen LogP contribution is 2.35. The summed E-state index contributed by atoms with van der Waals surface area (Å²) in [7, 11) is 0. The molecule has 0 fully saturated rings. The predicted molar refractivity (Wildman–Crippen MR) is 169 cm³/mol. The Morgan fingerprint density at radius 1 is 0.915 bits per heavy atom. The number of nitrogens with zero attached hydrogens (tertiary/aromatic N) is 2. The molecule has 238 valence electrons. The van der Waals surface area contributed by atoms with E-state index in [-0.39, 0.29) is 34.4 Å². The molecule has 0 saturated heterocycles. The van der Waals surface area contributed by atoms with E-state index in [1.807, 2.05) is 19.1 Å². The summed E-state index contributed by atoms with van der Waals surface area (Å²) in [5.41, 5.74) is 4.55. The number of hydrogen-bond acceptors (Lipinski definition) is 5. The molecule has 0 unspecified atom stereocenters. The minimum Gasteiger partial charge on any atom is -0.478 e. The van der Waals surface area contributed by atoms with Crippen molar-refractivity contribution in [3.63, 3.8) is 0 Å². The normalized spacial score (nSPS) is 13.7. The van der Waals surface area contributed by atoms with Gasteiger partial charge in [0.1, 0.15) is 5.69 Å². The minimum atomic E-state index is -1.05. The van der Waals surface area contributed by atoms with Crippen molar-refractivity contribution in [1.82, 2.24) is 20.2 Å². The number of rotatable bonds is 8. The number of amides is 3. The average molecular weight is 638 g/mol. The van der Waals surface area contributed by atoms with Crippen LogP contribution in [0.4, 0.5) is 14.5 Å². The van der Waals surface area contributed by atoms with Gasteiger partial charge in [0.2, 0.25) is 0 Å². The first kappa shape index (κ1) is 31.1. The lowest BCUT2D eigenvalue weighted by atomic mass is 9.98. The molecule has 47 heavy (non-hydrogen) atoms. The number of carboxylic acid groups (broad SMARTS) is 1. The van der Waals surface area contributed by atoms with Gasteiger partial charge in [-0.1, -0.05) is 30.3 Å². The number of para-hydroxylation sites is 1. The van der Waals surface area contributed by atoms with Gasteiger partial charge < -0.3 is 21.1 Å². The number of carboxylic acids is 1. The highest BCUT2D eigenvalue weighted by atomic mass is 19.2. The Kier molecular flexibility index (Phi) is 8.25. The number of carbonyl (C=O) groups excluding carboxylic acids is 3. The molecule has 0 saturated carbocycles. The van der Waals surface area contributed by atoms with E-state index in [0.29, 0.717) is 29.7 Å². The van der Waals surface area contributed by atoms with Crippen molar-refractivity contribution >= 4 is 34.9 Å². The third-order valence-electron chi connectivity index (χ3n) is 8.42. The van der Waals surface area contributed by atoms with Crippen LogP contribution >= 0.6 is 0 Å². The molecule has 5 aromatic rings. The number of aryl methyl sites for hydroxylation is 1. The van der Waals surface area contributed by atoms with Crippen LogP contribution in [0.2, 0.25) is 0 Å². The number of aromatic nitrogens is 2. The fraction of sp³-hybridized carbons (Fsp3) is 0.171. The average Bonchev–Trinajstić information content (AvgIpc) is 3.67. The molecular weight excluding hydrogens is 608 g/mol. The second-order valence-corrected chi connectivity index (χ2v) is 11.4. The number of fused-ring (bicyclic) bond motifs is 2. The van der Waals surface area contributed by atoms with Gasteiger partial charge in [0.15, 0.2) is 11.6 Å². The van der Waals surface area contributed by atoms with Crippen LogP contribution in [0.25, 0.3) is 5.52 Å². The molecule has 2 heterocycles. The van der Waals surface area contributed by atoms with Crippen LogP contribution in [0.15, 0.2) is 72.9 Å². The lowest BCUT2D eigenvalue weighted by Gasteiger charge is -2.17. The lowest BCUT2D eigenvalue weighted by molar-refractivity contribution is 0.0695. The Hall–Kier alpha value is -5.91. The summed E-state index contributed by atoms with van der Waals surface area (Å²) in [5.74, 6) is -4.79. The molecule has 1 aliphatic carbocycles. The number of hydrogen-bond donors (Lipinski definition) is 4. The quantitative estimate of drug-likeness (QED) is 0.176. The summed E-state index contributed by atoms with van der Waals surface area (Å²) >= 11 is 0. The van der Waals surface area contributed by atoms with Crippen molar-refractivity contribution in [3.05, 3.63) is 135 Å². The van der Waals surface area contributed by atoms with Gasteiger partial charge in [-0.05, 0) is 90.9 Å². The Balaban J connectivity index is 1.34. The number of anilines is 1. The summed E-state index contributed by atoms with van der Waals surface area (Å²) in [4.78, 5) is 52.3. The topological polar surface area (TPSA) is 142 Å². The fourth-order valence-electron chi connectivity index (χ4n) is 5.88. The van der Waals surface area contributed by atoms with Gasteiger partial charge in [-0.2, -0.15) is 5.10 Å². The van der Waals surface area contributed by atoms with Gasteiger partial charge in [0.05, 0.1) is 28.9 Å². The van der Waals surface area contributed by atoms with Crippen molar-refractivity contribution < 1.29 is 33.1 Å². The van der Waals surface area contributed by atoms with Gasteiger partial charge >= 0.3 is 5.97 Å². The van der Waals surface area contributed by atoms with Gasteiger partial charge in [0.25, 0.3) is 17.7 Å². The number of nitrogens with one attached hydrogen (secondary N) is 3. The molecule has 1 atom stereocenters. The molecular formula is C35H29F2N5O5. The van der Waals surface area contributed by atoms with Crippen LogP contribution in [0.3, 0.4) is 0 Å².